The number of sulfonamides is 1. The van der Waals surface area contributed by atoms with E-state index in [9.17, 15) is 8.42 Å². The maximum Gasteiger partial charge on any atom is 0.241 e. The van der Waals surface area contributed by atoms with Crippen LogP contribution in [0, 0.1) is 0 Å². The number of pyridine rings is 1. The summed E-state index contributed by atoms with van der Waals surface area (Å²) in [6.07, 6.45) is 1.49. The predicted octanol–water partition coefficient (Wildman–Crippen LogP) is 2.90. The third-order valence-electron chi connectivity index (χ3n) is 3.37. The molecule has 0 fully saturated rings. The van der Waals surface area contributed by atoms with Crippen LogP contribution in [-0.2, 0) is 10.0 Å². The Balaban J connectivity index is 2.23. The highest BCUT2D eigenvalue weighted by Crippen LogP contribution is 2.22. The van der Waals surface area contributed by atoms with Crippen molar-refractivity contribution in [2.75, 3.05) is 0 Å². The highest BCUT2D eigenvalue weighted by atomic mass is 32.2. The van der Waals surface area contributed by atoms with E-state index in [-0.39, 0.29) is 10.7 Å². The van der Waals surface area contributed by atoms with Crippen molar-refractivity contribution in [3.05, 3.63) is 90.1 Å². The second-order valence-electron chi connectivity index (χ2n) is 5.06. The van der Waals surface area contributed by atoms with E-state index >= 15 is 0 Å². The normalized spacial score (nSPS) is 11.0. The largest absolute Gasteiger partial charge is 0.241 e. The smallest absolute Gasteiger partial charge is 0.236 e. The topological polar surface area (TPSA) is 85.4 Å². The van der Waals surface area contributed by atoms with Gasteiger partial charge in [-0.05, 0) is 12.1 Å². The average Bonchev–Trinajstić information content (AvgIpc) is 2.61. The van der Waals surface area contributed by atoms with Gasteiger partial charge in [-0.2, -0.15) is 0 Å². The molecule has 0 aliphatic rings. The molecular formula is C18H15N3O2S. The van der Waals surface area contributed by atoms with Crippen LogP contribution < -0.4 is 5.14 Å². The Hall–Kier alpha value is -2.83. The number of hydrogen-bond donors (Lipinski definition) is 1. The molecule has 0 saturated heterocycles. The summed E-state index contributed by atoms with van der Waals surface area (Å²) in [4.78, 5) is 8.50. The first-order valence-electron chi connectivity index (χ1n) is 7.23. The summed E-state index contributed by atoms with van der Waals surface area (Å²) in [6, 6.07) is 21.9. The van der Waals surface area contributed by atoms with Crippen LogP contribution in [0.2, 0.25) is 0 Å². The molecule has 120 valence electrons. The van der Waals surface area contributed by atoms with Gasteiger partial charge in [0.05, 0.1) is 5.71 Å². The average molecular weight is 337 g/mol. The van der Waals surface area contributed by atoms with Crippen LogP contribution in [0.5, 0.6) is 0 Å². The fourth-order valence-corrected chi connectivity index (χ4v) is 2.90. The summed E-state index contributed by atoms with van der Waals surface area (Å²) >= 11 is 0. The molecule has 0 unspecified atom stereocenters. The van der Waals surface area contributed by atoms with Gasteiger partial charge in [0.1, 0.15) is 4.90 Å². The van der Waals surface area contributed by atoms with Gasteiger partial charge in [0, 0.05) is 17.3 Å². The van der Waals surface area contributed by atoms with Crippen molar-refractivity contribution < 1.29 is 8.42 Å². The van der Waals surface area contributed by atoms with Crippen LogP contribution in [0.4, 0.5) is 5.82 Å². The Morgan fingerprint density at radius 1 is 0.833 bits per heavy atom. The highest BCUT2D eigenvalue weighted by Gasteiger charge is 2.16. The molecule has 0 aliphatic heterocycles. The van der Waals surface area contributed by atoms with Gasteiger partial charge in [-0.1, -0.05) is 60.7 Å². The number of aromatic nitrogens is 1. The van der Waals surface area contributed by atoms with Crippen LogP contribution in [0.3, 0.4) is 0 Å². The molecule has 6 heteroatoms. The summed E-state index contributed by atoms with van der Waals surface area (Å²) in [6.45, 7) is 0. The molecule has 1 aromatic heterocycles. The third kappa shape index (κ3) is 3.56. The molecule has 0 bridgehead atoms. The van der Waals surface area contributed by atoms with Crippen molar-refractivity contribution in [2.24, 2.45) is 10.1 Å². The summed E-state index contributed by atoms with van der Waals surface area (Å²) in [5.74, 6) is 0.0720. The van der Waals surface area contributed by atoms with Crippen molar-refractivity contribution in [3.8, 4) is 0 Å². The van der Waals surface area contributed by atoms with E-state index < -0.39 is 10.0 Å². The molecule has 0 aliphatic carbocycles. The molecule has 5 nitrogen and oxygen atoms in total. The van der Waals surface area contributed by atoms with Crippen LogP contribution in [0.1, 0.15) is 11.1 Å². The van der Waals surface area contributed by atoms with E-state index in [0.29, 0.717) is 5.71 Å². The van der Waals surface area contributed by atoms with Gasteiger partial charge in [0.2, 0.25) is 10.0 Å². The van der Waals surface area contributed by atoms with E-state index in [1.54, 1.807) is 0 Å². The van der Waals surface area contributed by atoms with Crippen LogP contribution in [-0.4, -0.2) is 19.1 Å². The maximum atomic E-state index is 11.8. The maximum absolute atomic E-state index is 11.8. The van der Waals surface area contributed by atoms with Gasteiger partial charge in [-0.25, -0.2) is 23.5 Å². The van der Waals surface area contributed by atoms with Crippen molar-refractivity contribution in [2.45, 2.75) is 4.90 Å². The lowest BCUT2D eigenvalue weighted by atomic mass is 10.0. The molecule has 0 amide bonds. The number of benzene rings is 2. The van der Waals surface area contributed by atoms with Crippen molar-refractivity contribution in [1.82, 2.24) is 4.98 Å². The molecule has 0 atom stereocenters. The van der Waals surface area contributed by atoms with Gasteiger partial charge < -0.3 is 0 Å². The summed E-state index contributed by atoms with van der Waals surface area (Å²) in [5, 5.41) is 5.27. The van der Waals surface area contributed by atoms with Crippen LogP contribution >= 0.6 is 0 Å². The van der Waals surface area contributed by atoms with Gasteiger partial charge in [0.15, 0.2) is 5.82 Å². The predicted molar refractivity (Wildman–Crippen MR) is 93.8 cm³/mol. The van der Waals surface area contributed by atoms with Gasteiger partial charge in [-0.3, -0.25) is 0 Å². The highest BCUT2D eigenvalue weighted by molar-refractivity contribution is 7.89. The van der Waals surface area contributed by atoms with Crippen molar-refractivity contribution in [1.29, 1.82) is 0 Å². The number of primary sulfonamides is 1. The quantitative estimate of drug-likeness (QED) is 0.743. The summed E-state index contributed by atoms with van der Waals surface area (Å²) in [5.41, 5.74) is 2.34. The number of aliphatic imine (C=N–C) groups is 1. The Kier molecular flexibility index (Phi) is 4.50. The third-order valence-corrected chi connectivity index (χ3v) is 4.30. The Morgan fingerprint density at radius 2 is 1.38 bits per heavy atom. The molecule has 1 heterocycles. The van der Waals surface area contributed by atoms with E-state index in [2.05, 4.69) is 9.98 Å². The first-order chi connectivity index (χ1) is 11.6. The lowest BCUT2D eigenvalue weighted by molar-refractivity contribution is 0.597. The Bertz CT molecular complexity index is 928. The minimum absolute atomic E-state index is 0.0720. The number of nitrogens with two attached hydrogens (primary N) is 1. The lowest BCUT2D eigenvalue weighted by Crippen LogP contribution is -2.13. The SMILES string of the molecule is NS(=O)(=O)c1cccnc1N=C(c1ccccc1)c1ccccc1. The zero-order chi connectivity index (χ0) is 17.0. The minimum atomic E-state index is -3.91. The monoisotopic (exact) mass is 337 g/mol. The van der Waals surface area contributed by atoms with Crippen LogP contribution in [0.15, 0.2) is 88.9 Å². The molecule has 0 saturated carbocycles. The number of nitrogens with zero attached hydrogens (tertiary/aromatic N) is 2. The summed E-state index contributed by atoms with van der Waals surface area (Å²) in [7, 11) is -3.91. The van der Waals surface area contributed by atoms with E-state index in [1.165, 1.54) is 18.3 Å². The molecule has 24 heavy (non-hydrogen) atoms. The zero-order valence-electron chi connectivity index (χ0n) is 12.7. The molecule has 2 aromatic carbocycles. The first kappa shape index (κ1) is 16.0. The second kappa shape index (κ2) is 6.74. The molecule has 0 spiro atoms. The fraction of sp³-hybridized carbons (Fsp3) is 0. The second-order valence-corrected chi connectivity index (χ2v) is 6.59. The van der Waals surface area contributed by atoms with Crippen molar-refractivity contribution >= 4 is 21.6 Å². The molecule has 0 radical (unpaired) electrons. The van der Waals surface area contributed by atoms with E-state index in [1.807, 2.05) is 60.7 Å². The van der Waals surface area contributed by atoms with Gasteiger partial charge in [0.25, 0.3) is 0 Å². The molecule has 2 N–H and O–H groups in total. The van der Waals surface area contributed by atoms with E-state index in [4.69, 9.17) is 5.14 Å². The standard InChI is InChI=1S/C18H15N3O2S/c19-24(22,23)16-12-7-13-20-18(16)21-17(14-8-3-1-4-9-14)15-10-5-2-6-11-15/h1-13H,(H2,19,22,23). The fourth-order valence-electron chi connectivity index (χ4n) is 2.28. The first-order valence-corrected chi connectivity index (χ1v) is 8.78. The minimum Gasteiger partial charge on any atom is -0.236 e. The summed E-state index contributed by atoms with van der Waals surface area (Å²) < 4.78 is 23.6. The van der Waals surface area contributed by atoms with E-state index in [0.717, 1.165) is 11.1 Å². The molecule has 3 aromatic rings. The van der Waals surface area contributed by atoms with Crippen molar-refractivity contribution in [3.63, 3.8) is 0 Å². The zero-order valence-corrected chi connectivity index (χ0v) is 13.5. The number of rotatable bonds is 4. The number of hydrogen-bond acceptors (Lipinski definition) is 4. The van der Waals surface area contributed by atoms with Gasteiger partial charge in [-0.15, -0.1) is 0 Å². The molecular weight excluding hydrogens is 322 g/mol. The lowest BCUT2D eigenvalue weighted by Gasteiger charge is -2.09. The van der Waals surface area contributed by atoms with Crippen LogP contribution in [0.25, 0.3) is 0 Å². The Labute approximate surface area is 140 Å². The Morgan fingerprint density at radius 3 is 1.88 bits per heavy atom. The molecule has 3 rings (SSSR count). The van der Waals surface area contributed by atoms with Gasteiger partial charge >= 0.3 is 0 Å².